The smallest absolute Gasteiger partial charge is 0.224 e. The Bertz CT molecular complexity index is 449. The van der Waals surface area contributed by atoms with Gasteiger partial charge in [0, 0.05) is 11.6 Å². The molecule has 8 heteroatoms. The first-order valence-electron chi connectivity index (χ1n) is 3.93. The molecule has 0 aliphatic heterocycles. The van der Waals surface area contributed by atoms with E-state index in [4.69, 9.17) is 11.6 Å². The van der Waals surface area contributed by atoms with Crippen LogP contribution in [0.4, 0.5) is 5.82 Å². The lowest BCUT2D eigenvalue weighted by Gasteiger charge is -2.04. The van der Waals surface area contributed by atoms with E-state index in [1.165, 1.54) is 11.5 Å². The molecule has 0 atom stereocenters. The largest absolute Gasteiger partial charge is 0.363 e. The molecule has 15 heavy (non-hydrogen) atoms. The molecule has 2 heterocycles. The van der Waals surface area contributed by atoms with Gasteiger partial charge in [0.2, 0.25) is 5.28 Å². The predicted molar refractivity (Wildman–Crippen MR) is 62.0 cm³/mol. The predicted octanol–water partition coefficient (Wildman–Crippen LogP) is 2.36. The quantitative estimate of drug-likeness (QED) is 0.882. The minimum absolute atomic E-state index is 0.206. The highest BCUT2D eigenvalue weighted by molar-refractivity contribution is 9.10. The van der Waals surface area contributed by atoms with Crippen molar-refractivity contribution in [3.05, 3.63) is 27.0 Å². The number of aromatic nitrogens is 4. The van der Waals surface area contributed by atoms with Gasteiger partial charge in [-0.1, -0.05) is 4.49 Å². The van der Waals surface area contributed by atoms with E-state index in [1.807, 2.05) is 5.38 Å². The van der Waals surface area contributed by atoms with Gasteiger partial charge in [-0.25, -0.2) is 4.98 Å². The van der Waals surface area contributed by atoms with Crippen molar-refractivity contribution < 1.29 is 0 Å². The number of anilines is 1. The van der Waals surface area contributed by atoms with E-state index in [9.17, 15) is 0 Å². The molecule has 0 aliphatic carbocycles. The van der Waals surface area contributed by atoms with E-state index in [1.54, 1.807) is 6.20 Å². The number of hydrogen-bond acceptors (Lipinski definition) is 6. The molecule has 0 saturated carbocycles. The van der Waals surface area contributed by atoms with Crippen LogP contribution in [0.1, 0.15) is 5.69 Å². The van der Waals surface area contributed by atoms with Crippen molar-refractivity contribution in [3.8, 4) is 0 Å². The molecule has 2 aromatic heterocycles. The number of rotatable bonds is 3. The average molecular weight is 307 g/mol. The Kier molecular flexibility index (Phi) is 3.45. The van der Waals surface area contributed by atoms with Gasteiger partial charge in [0.25, 0.3) is 0 Å². The lowest BCUT2D eigenvalue weighted by Crippen LogP contribution is -2.03. The van der Waals surface area contributed by atoms with Gasteiger partial charge in [-0.3, -0.25) is 0 Å². The maximum atomic E-state index is 5.67. The first kappa shape index (κ1) is 10.7. The van der Waals surface area contributed by atoms with Crippen LogP contribution in [-0.4, -0.2) is 19.6 Å². The fourth-order valence-corrected chi connectivity index (χ4v) is 1.82. The summed E-state index contributed by atoms with van der Waals surface area (Å²) in [4.78, 5) is 7.85. The number of halogens is 2. The van der Waals surface area contributed by atoms with Crippen LogP contribution in [0, 0.1) is 0 Å². The lowest BCUT2D eigenvalue weighted by atomic mass is 10.5. The second kappa shape index (κ2) is 4.82. The van der Waals surface area contributed by atoms with Crippen molar-refractivity contribution in [1.29, 1.82) is 0 Å². The summed E-state index contributed by atoms with van der Waals surface area (Å²) in [5.41, 5.74) is 0.863. The molecule has 0 amide bonds. The molecule has 1 N–H and O–H groups in total. The summed E-state index contributed by atoms with van der Waals surface area (Å²) in [6, 6.07) is 0. The molecule has 5 nitrogen and oxygen atoms in total. The highest BCUT2D eigenvalue weighted by Crippen LogP contribution is 2.20. The maximum absolute atomic E-state index is 5.67. The standard InChI is InChI=1S/C7H5BrClN5S/c8-5-2-11-7(9)12-6(5)10-1-4-3-15-14-13-4/h2-3H,1H2,(H,10,11,12). The van der Waals surface area contributed by atoms with Crippen LogP contribution in [0.3, 0.4) is 0 Å². The Balaban J connectivity index is 2.07. The molecule has 78 valence electrons. The molecule has 0 radical (unpaired) electrons. The molecular weight excluding hydrogens is 302 g/mol. The Labute approximate surface area is 103 Å². The summed E-state index contributed by atoms with van der Waals surface area (Å²) in [5.74, 6) is 0.642. The molecule has 0 fully saturated rings. The van der Waals surface area contributed by atoms with Gasteiger partial charge in [0.05, 0.1) is 16.7 Å². The monoisotopic (exact) mass is 305 g/mol. The van der Waals surface area contributed by atoms with Crippen LogP contribution < -0.4 is 5.32 Å². The van der Waals surface area contributed by atoms with Crippen LogP contribution in [0.15, 0.2) is 16.0 Å². The molecule has 0 aromatic carbocycles. The number of nitrogens with one attached hydrogen (secondary N) is 1. The van der Waals surface area contributed by atoms with Crippen LogP contribution >= 0.6 is 39.1 Å². The van der Waals surface area contributed by atoms with Gasteiger partial charge in [-0.2, -0.15) is 4.98 Å². The van der Waals surface area contributed by atoms with Gasteiger partial charge >= 0.3 is 0 Å². The summed E-state index contributed by atoms with van der Waals surface area (Å²) >= 11 is 10.3. The summed E-state index contributed by atoms with van der Waals surface area (Å²) in [5, 5.41) is 9.05. The van der Waals surface area contributed by atoms with E-state index >= 15 is 0 Å². The van der Waals surface area contributed by atoms with Crippen molar-refractivity contribution in [2.45, 2.75) is 6.54 Å². The van der Waals surface area contributed by atoms with Crippen LogP contribution in [-0.2, 0) is 6.54 Å². The molecule has 0 aliphatic rings. The first-order valence-corrected chi connectivity index (χ1v) is 5.94. The van der Waals surface area contributed by atoms with E-state index in [0.717, 1.165) is 10.2 Å². The lowest BCUT2D eigenvalue weighted by molar-refractivity contribution is 0.982. The fourth-order valence-electron chi connectivity index (χ4n) is 0.905. The molecule has 0 spiro atoms. The zero-order valence-corrected chi connectivity index (χ0v) is 10.5. The number of nitrogens with zero attached hydrogens (tertiary/aromatic N) is 4. The molecular formula is C7H5BrClN5S. The summed E-state index contributed by atoms with van der Waals surface area (Å²) < 4.78 is 4.51. The van der Waals surface area contributed by atoms with Crippen LogP contribution in [0.2, 0.25) is 5.28 Å². The molecule has 0 bridgehead atoms. The third-order valence-corrected chi connectivity index (χ3v) is 2.87. The van der Waals surface area contributed by atoms with E-state index in [-0.39, 0.29) is 5.28 Å². The minimum Gasteiger partial charge on any atom is -0.363 e. The SMILES string of the molecule is Clc1ncc(Br)c(NCc2csnn2)n1. The van der Waals surface area contributed by atoms with Crippen molar-refractivity contribution >= 4 is 44.9 Å². The normalized spacial score (nSPS) is 10.3. The first-order chi connectivity index (χ1) is 7.25. The Morgan fingerprint density at radius 3 is 3.13 bits per heavy atom. The van der Waals surface area contributed by atoms with Crippen LogP contribution in [0.25, 0.3) is 0 Å². The van der Waals surface area contributed by atoms with Crippen molar-refractivity contribution in [2.75, 3.05) is 5.32 Å². The minimum atomic E-state index is 0.206. The van der Waals surface area contributed by atoms with Crippen molar-refractivity contribution in [1.82, 2.24) is 19.6 Å². The highest BCUT2D eigenvalue weighted by Gasteiger charge is 2.04. The van der Waals surface area contributed by atoms with Gasteiger partial charge in [0.15, 0.2) is 0 Å². The molecule has 2 rings (SSSR count). The number of hydrogen-bond donors (Lipinski definition) is 1. The topological polar surface area (TPSA) is 63.6 Å². The molecule has 2 aromatic rings. The van der Waals surface area contributed by atoms with E-state index in [0.29, 0.717) is 12.4 Å². The third kappa shape index (κ3) is 2.83. The highest BCUT2D eigenvalue weighted by atomic mass is 79.9. The fraction of sp³-hybridized carbons (Fsp3) is 0.143. The van der Waals surface area contributed by atoms with Gasteiger partial charge in [-0.05, 0) is 39.1 Å². The molecule has 0 unspecified atom stereocenters. The van der Waals surface area contributed by atoms with E-state index < -0.39 is 0 Å². The second-order valence-electron chi connectivity index (χ2n) is 2.59. The van der Waals surface area contributed by atoms with Gasteiger partial charge in [0.1, 0.15) is 5.82 Å². The summed E-state index contributed by atoms with van der Waals surface area (Å²) in [7, 11) is 0. The zero-order chi connectivity index (χ0) is 10.7. The summed E-state index contributed by atoms with van der Waals surface area (Å²) in [6.07, 6.45) is 1.59. The Morgan fingerprint density at radius 1 is 1.53 bits per heavy atom. The average Bonchev–Trinajstić information content (AvgIpc) is 2.72. The second-order valence-corrected chi connectivity index (χ2v) is 4.39. The molecule has 0 saturated heterocycles. The third-order valence-electron chi connectivity index (χ3n) is 1.56. The summed E-state index contributed by atoms with van der Waals surface area (Å²) in [6.45, 7) is 0.558. The Morgan fingerprint density at radius 2 is 2.40 bits per heavy atom. The van der Waals surface area contributed by atoms with E-state index in [2.05, 4.69) is 40.8 Å². The maximum Gasteiger partial charge on any atom is 0.224 e. The van der Waals surface area contributed by atoms with Crippen molar-refractivity contribution in [3.63, 3.8) is 0 Å². The van der Waals surface area contributed by atoms with Crippen molar-refractivity contribution in [2.24, 2.45) is 0 Å². The zero-order valence-electron chi connectivity index (χ0n) is 7.31. The van der Waals surface area contributed by atoms with Gasteiger partial charge in [-0.15, -0.1) is 5.10 Å². The van der Waals surface area contributed by atoms with Crippen LogP contribution in [0.5, 0.6) is 0 Å². The Hall–Kier alpha value is -0.790. The van der Waals surface area contributed by atoms with Gasteiger partial charge < -0.3 is 5.32 Å².